The molecule has 40 atom stereocenters. The molecule has 0 nitrogen and oxygen atoms in total. The van der Waals surface area contributed by atoms with Crippen LogP contribution in [0.15, 0.2) is 219 Å². The molecule has 16 saturated carbocycles. The number of unbranched alkanes of at least 4 members (excludes halogenated alkanes) is 23. The number of allylic oxidation sites excluding steroid dienone is 16. The third kappa shape index (κ3) is 24.5. The summed E-state index contributed by atoms with van der Waals surface area (Å²) in [5.41, 5.74) is 6.17. The van der Waals surface area contributed by atoms with Gasteiger partial charge in [0.2, 0.25) is 0 Å². The smallest absolute Gasteiger partial charge is 0.0128 e. The minimum absolute atomic E-state index is 0.880. The summed E-state index contributed by atoms with van der Waals surface area (Å²) in [7, 11) is 0. The first-order chi connectivity index (χ1) is 70.2. The van der Waals surface area contributed by atoms with Crippen molar-refractivity contribution in [2.45, 2.75) is 406 Å². The third-order valence-corrected chi connectivity index (χ3v) is 46.0. The molecule has 40 unspecified atom stereocenters. The molecular weight excluding hydrogens is 1710 g/mol. The van der Waals surface area contributed by atoms with Gasteiger partial charge in [0.25, 0.3) is 0 Å². The van der Waals surface area contributed by atoms with Crippen LogP contribution in [-0.4, -0.2) is 0 Å². The van der Waals surface area contributed by atoms with E-state index in [0.29, 0.717) is 0 Å². The van der Waals surface area contributed by atoms with E-state index >= 15 is 0 Å². The van der Waals surface area contributed by atoms with Crippen molar-refractivity contribution in [1.82, 2.24) is 0 Å². The summed E-state index contributed by atoms with van der Waals surface area (Å²) in [5.74, 6) is 41.4. The zero-order valence-electron chi connectivity index (χ0n) is 90.9. The fourth-order valence-electron chi connectivity index (χ4n) is 39.9. The largest absolute Gasteiger partial charge is 0.0851 e. The first-order valence-corrected chi connectivity index (χ1v) is 63.8. The van der Waals surface area contributed by atoms with Gasteiger partial charge in [0, 0.05) is 0 Å². The van der Waals surface area contributed by atoms with Gasteiger partial charge in [-0.1, -0.05) is 432 Å². The maximum Gasteiger partial charge on any atom is -0.0128 e. The Morgan fingerprint density at radius 1 is 0.169 bits per heavy atom. The van der Waals surface area contributed by atoms with E-state index < -0.39 is 0 Å². The van der Waals surface area contributed by atoms with E-state index in [1.54, 1.807) is 62.5 Å². The van der Waals surface area contributed by atoms with Gasteiger partial charge in [0.15, 0.2) is 0 Å². The van der Waals surface area contributed by atoms with E-state index in [0.717, 1.165) is 237 Å². The van der Waals surface area contributed by atoms with Crippen molar-refractivity contribution in [3.63, 3.8) is 0 Å². The molecule has 0 heterocycles. The normalized spacial score (nSPS) is 40.5. The second-order valence-electron chi connectivity index (χ2n) is 54.2. The first kappa shape index (κ1) is 103. The average molecular weight is 1910 g/mol. The summed E-state index contributed by atoms with van der Waals surface area (Å²) in [5, 5.41) is 0. The molecule has 0 aliphatic heterocycles. The molecule has 24 aliphatic rings. The third-order valence-electron chi connectivity index (χ3n) is 46.0. The summed E-state index contributed by atoms with van der Waals surface area (Å²) in [6.07, 6.45) is 126. The Bertz CT molecular complexity index is 4660. The molecule has 0 spiro atoms. The van der Waals surface area contributed by atoms with Crippen LogP contribution in [0, 0.1) is 231 Å². The molecule has 0 amide bonds. The molecule has 0 radical (unpaired) electrons. The van der Waals surface area contributed by atoms with E-state index in [1.165, 1.54) is 332 Å². The van der Waals surface area contributed by atoms with Crippen LogP contribution < -0.4 is 0 Å². The summed E-state index contributed by atoms with van der Waals surface area (Å²) < 4.78 is 0. The molecule has 0 aromatic heterocycles. The highest BCUT2D eigenvalue weighted by Gasteiger charge is 2.65. The van der Waals surface area contributed by atoms with Gasteiger partial charge in [0.05, 0.1) is 0 Å². The fourth-order valence-corrected chi connectivity index (χ4v) is 39.9. The first-order valence-electron chi connectivity index (χ1n) is 63.8. The Kier molecular flexibility index (Phi) is 36.6. The van der Waals surface area contributed by atoms with Crippen LogP contribution in [-0.2, 0) is 19.3 Å². The number of rotatable bonds is 42. The number of hydrogen-bond donors (Lipinski definition) is 0. The van der Waals surface area contributed by atoms with E-state index in [-0.39, 0.29) is 0 Å². The van der Waals surface area contributed by atoms with Gasteiger partial charge in [-0.15, -0.1) is 0 Å². The molecular formula is C142H204. The number of benzene rings is 4. The van der Waals surface area contributed by atoms with Crippen molar-refractivity contribution in [1.29, 1.82) is 0 Å². The van der Waals surface area contributed by atoms with Gasteiger partial charge >= 0.3 is 0 Å². The molecule has 24 aliphatic carbocycles. The van der Waals surface area contributed by atoms with Gasteiger partial charge < -0.3 is 0 Å². The monoisotopic (exact) mass is 1910 g/mol. The SMILES string of the molecule is C1=CC2CC1C1C3CC(CCc4ccccc4)C(C3)C21.C1=CC2CC1C1C3CC(c4ccccc4)C(C3)C21.C1=CC2CC1CC2CCCCc1ccccc1.C1=CC2CC1CC2CCc1ccccc1.CCCCCCC1CC2CC1C1C3C=CC(C3)C21.CCCCCCCCC1CC2C=CC1C2.CCCCCCCCCCC1CC2C=CC1C2.CCCCCCCCCCC1CC2CC1C1C3C=CC(C3)C21. The predicted molar refractivity (Wildman–Crippen MR) is 605 cm³/mol. The van der Waals surface area contributed by atoms with Crippen molar-refractivity contribution in [3.05, 3.63) is 241 Å². The van der Waals surface area contributed by atoms with Crippen molar-refractivity contribution in [3.8, 4) is 0 Å². The van der Waals surface area contributed by atoms with Gasteiger partial charge in [-0.2, -0.15) is 0 Å². The van der Waals surface area contributed by atoms with Crippen molar-refractivity contribution in [2.24, 2.45) is 231 Å². The topological polar surface area (TPSA) is 0 Å². The molecule has 0 N–H and O–H groups in total. The Hall–Kier alpha value is -5.20. The van der Waals surface area contributed by atoms with Crippen LogP contribution in [0.5, 0.6) is 0 Å². The van der Waals surface area contributed by atoms with Gasteiger partial charge in [-0.3, -0.25) is 0 Å². The van der Waals surface area contributed by atoms with E-state index in [2.05, 4.69) is 246 Å². The summed E-state index contributed by atoms with van der Waals surface area (Å²) >= 11 is 0. The fraction of sp³-hybridized carbons (Fsp3) is 0.718. The molecule has 772 valence electrons. The van der Waals surface area contributed by atoms with Crippen molar-refractivity contribution < 1.29 is 0 Å². The molecule has 28 rings (SSSR count). The lowest BCUT2D eigenvalue weighted by Gasteiger charge is -2.37. The number of aryl methyl sites for hydroxylation is 3. The maximum atomic E-state index is 2.60. The van der Waals surface area contributed by atoms with Crippen LogP contribution in [0.3, 0.4) is 0 Å². The van der Waals surface area contributed by atoms with Crippen LogP contribution >= 0.6 is 0 Å². The molecule has 142 heavy (non-hydrogen) atoms. The van der Waals surface area contributed by atoms with E-state index in [9.17, 15) is 0 Å². The quantitative estimate of drug-likeness (QED) is 0.0236. The predicted octanol–water partition coefficient (Wildman–Crippen LogP) is 39.7. The Morgan fingerprint density at radius 3 is 0.725 bits per heavy atom. The van der Waals surface area contributed by atoms with Crippen molar-refractivity contribution >= 4 is 0 Å². The molecule has 4 aromatic rings. The van der Waals surface area contributed by atoms with Crippen LogP contribution in [0.4, 0.5) is 0 Å². The number of hydrogen-bond acceptors (Lipinski definition) is 0. The molecule has 0 heteroatoms. The zero-order chi connectivity index (χ0) is 95.9. The second kappa shape index (κ2) is 50.6. The molecule has 16 fully saturated rings. The minimum atomic E-state index is 0.880. The standard InChI is InChI=1S/C22H36.C20H24.C18H20.C18H28.C17H22.C17H30.C15H18.C15H26/c1-2-3-4-5-6-7-8-9-10-16-13-19-15-20(16)22-18-12-11-17(14-18)21(19)22;1-2-4-13(5-3-1)6-7-14-10-17-12-18(14)20-16-9-8-15(11-16)19(17)20;1-2-4-11(5-3-1)15-9-14-10-16(15)18-13-7-6-12(8-13)17(14)18;1-2-3-4-5-6-12-9-15-11-16(12)18-14-8-7-13(10-14)17(15)18;1-2-6-14(7-3-1)8-4-5-9-16-12-15-10-11-17(16)13-15;1-2-3-4-5-6-7-8-9-10-16-13-15-11-12-17(16)14-15;1-2-4-12(5-3-1)6-8-14-10-13-7-9-15(14)11-13;1-2-3-4-5-6-7-8-14-11-13-9-10-15(14)12-13/h11-12,16-22H,2-10,13-15H2,1H3;1-5,8-9,14-20H,6-7,10-12H2;1-7,12-18H,8-10H2;7-8,12-18H,2-6,9-11H2,1H3;1-3,6-7,10-11,15-17H,4-5,8-9,12-13H2;11-12,15-17H,2-10,13-14H2,1H3;1-5,7,9,13-15H,6,8,10-11H2;9-10,13-15H,2-8,11-12H2,1H3. The van der Waals surface area contributed by atoms with Crippen LogP contribution in [0.2, 0.25) is 0 Å². The maximum absolute atomic E-state index is 2.60. The van der Waals surface area contributed by atoms with E-state index in [4.69, 9.17) is 0 Å². The van der Waals surface area contributed by atoms with Crippen molar-refractivity contribution in [2.75, 3.05) is 0 Å². The Labute approximate surface area is 871 Å². The molecule has 4 aromatic carbocycles. The lowest BCUT2D eigenvalue weighted by molar-refractivity contribution is 0.142. The molecule has 24 bridgehead atoms. The summed E-state index contributed by atoms with van der Waals surface area (Å²) in [6.45, 7) is 9.22. The minimum Gasteiger partial charge on any atom is -0.0851 e. The second-order valence-corrected chi connectivity index (χ2v) is 54.2. The van der Waals surface area contributed by atoms with Gasteiger partial charge in [-0.05, 0) is 445 Å². The lowest BCUT2D eigenvalue weighted by Crippen LogP contribution is -2.31. The average Bonchev–Trinajstić information content (AvgIpc) is 1.56. The van der Waals surface area contributed by atoms with Gasteiger partial charge in [-0.25, -0.2) is 0 Å². The highest BCUT2D eigenvalue weighted by molar-refractivity contribution is 5.31. The van der Waals surface area contributed by atoms with Crippen LogP contribution in [0.1, 0.15) is 409 Å². The van der Waals surface area contributed by atoms with Crippen LogP contribution in [0.25, 0.3) is 0 Å². The Morgan fingerprint density at radius 2 is 0.408 bits per heavy atom. The summed E-state index contributed by atoms with van der Waals surface area (Å²) in [4.78, 5) is 0. The number of fused-ring (bicyclic) bond motifs is 44. The Balaban J connectivity index is 0.0000000963. The molecule has 0 saturated heterocycles. The zero-order valence-corrected chi connectivity index (χ0v) is 90.9. The highest BCUT2D eigenvalue weighted by atomic mass is 14.7. The summed E-state index contributed by atoms with van der Waals surface area (Å²) in [6, 6.07) is 44.2. The van der Waals surface area contributed by atoms with E-state index in [1.807, 2.05) is 0 Å². The van der Waals surface area contributed by atoms with Gasteiger partial charge in [0.1, 0.15) is 0 Å². The lowest BCUT2D eigenvalue weighted by atomic mass is 9.68. The highest BCUT2D eigenvalue weighted by Crippen LogP contribution is 2.72.